The Hall–Kier alpha value is -1.31. The van der Waals surface area contributed by atoms with Crippen molar-refractivity contribution in [2.24, 2.45) is 0 Å². The third kappa shape index (κ3) is 1.22. The monoisotopic (exact) mass is 167 g/mol. The van der Waals surface area contributed by atoms with Gasteiger partial charge in [0.25, 0.3) is 0 Å². The van der Waals surface area contributed by atoms with Crippen molar-refractivity contribution in [1.82, 2.24) is 4.98 Å². The van der Waals surface area contributed by atoms with Gasteiger partial charge in [-0.25, -0.2) is 0 Å². The third-order valence-electron chi connectivity index (χ3n) is 2.35. The Balaban J connectivity index is 2.97. The third-order valence-corrected chi connectivity index (χ3v) is 2.35. The maximum absolute atomic E-state index is 5.92. The fraction of sp³-hybridized carbons (Fsp3) is 0.182. The zero-order chi connectivity index (χ0) is 9.42. The summed E-state index contributed by atoms with van der Waals surface area (Å²) in [6.45, 7) is 4.09. The number of pyridine rings is 1. The zero-order valence-electron chi connectivity index (χ0n) is 7.83. The summed E-state index contributed by atoms with van der Waals surface area (Å²) in [5.41, 5.74) is 4.04. The Morgan fingerprint density at radius 1 is 1.23 bits per heavy atom. The van der Waals surface area contributed by atoms with Crippen LogP contribution in [-0.4, -0.2) is 12.8 Å². The number of aryl methyl sites for hydroxylation is 2. The highest BCUT2D eigenvalue weighted by atomic mass is 14.6. The molecule has 0 bridgehead atoms. The first-order chi connectivity index (χ1) is 6.20. The summed E-state index contributed by atoms with van der Waals surface area (Å²) in [4.78, 5) is 4.28. The molecule has 0 aliphatic rings. The molecule has 0 unspecified atom stereocenters. The molecule has 1 heterocycles. The largest absolute Gasteiger partial charge is 0.257 e. The molecule has 2 radical (unpaired) electrons. The standard InChI is InChI=1S/C11H10BN/c1-7-6-8(2)10(12)11-9(7)4-3-5-13-11/h3-6H,1-2H3. The van der Waals surface area contributed by atoms with Crippen LogP contribution in [0.3, 0.4) is 0 Å². The first-order valence-corrected chi connectivity index (χ1v) is 4.30. The molecule has 1 aromatic heterocycles. The van der Waals surface area contributed by atoms with Gasteiger partial charge in [0.15, 0.2) is 0 Å². The fourth-order valence-electron chi connectivity index (χ4n) is 1.61. The first kappa shape index (κ1) is 8.30. The highest BCUT2D eigenvalue weighted by Gasteiger charge is 2.02. The molecular formula is C11H10BN. The number of hydrogen-bond acceptors (Lipinski definition) is 1. The van der Waals surface area contributed by atoms with Crippen LogP contribution in [0.5, 0.6) is 0 Å². The van der Waals surface area contributed by atoms with Gasteiger partial charge in [-0.05, 0) is 25.5 Å². The molecule has 0 fully saturated rings. The lowest BCUT2D eigenvalue weighted by molar-refractivity contribution is 1.38. The SMILES string of the molecule is [B]c1c(C)cc(C)c2cccnc12. The first-order valence-electron chi connectivity index (χ1n) is 4.30. The van der Waals surface area contributed by atoms with Gasteiger partial charge in [0, 0.05) is 11.6 Å². The highest BCUT2D eigenvalue weighted by molar-refractivity contribution is 6.39. The number of aromatic nitrogens is 1. The number of hydrogen-bond donors (Lipinski definition) is 0. The predicted molar refractivity (Wildman–Crippen MR) is 56.6 cm³/mol. The molecule has 1 aromatic carbocycles. The number of fused-ring (bicyclic) bond motifs is 1. The van der Waals surface area contributed by atoms with Crippen molar-refractivity contribution in [1.29, 1.82) is 0 Å². The van der Waals surface area contributed by atoms with E-state index in [1.54, 1.807) is 6.20 Å². The molecule has 0 saturated heterocycles. The van der Waals surface area contributed by atoms with E-state index in [1.807, 2.05) is 19.1 Å². The average molecular weight is 167 g/mol. The van der Waals surface area contributed by atoms with Crippen molar-refractivity contribution in [3.63, 3.8) is 0 Å². The van der Waals surface area contributed by atoms with Gasteiger partial charge in [-0.1, -0.05) is 23.2 Å². The van der Waals surface area contributed by atoms with E-state index in [4.69, 9.17) is 7.85 Å². The van der Waals surface area contributed by atoms with Gasteiger partial charge >= 0.3 is 0 Å². The van der Waals surface area contributed by atoms with Gasteiger partial charge in [0.2, 0.25) is 0 Å². The molecule has 0 aliphatic heterocycles. The van der Waals surface area contributed by atoms with Crippen molar-refractivity contribution in [3.8, 4) is 0 Å². The molecule has 2 heteroatoms. The number of benzene rings is 1. The van der Waals surface area contributed by atoms with E-state index in [-0.39, 0.29) is 0 Å². The van der Waals surface area contributed by atoms with Gasteiger partial charge < -0.3 is 0 Å². The zero-order valence-corrected chi connectivity index (χ0v) is 7.83. The molecule has 0 aliphatic carbocycles. The van der Waals surface area contributed by atoms with Crippen molar-refractivity contribution in [3.05, 3.63) is 35.5 Å². The van der Waals surface area contributed by atoms with E-state index < -0.39 is 0 Å². The summed E-state index contributed by atoms with van der Waals surface area (Å²) in [7, 11) is 5.92. The van der Waals surface area contributed by atoms with Crippen molar-refractivity contribution in [2.75, 3.05) is 0 Å². The maximum atomic E-state index is 5.92. The molecule has 0 N–H and O–H groups in total. The fourth-order valence-corrected chi connectivity index (χ4v) is 1.61. The molecule has 13 heavy (non-hydrogen) atoms. The van der Waals surface area contributed by atoms with E-state index in [9.17, 15) is 0 Å². The summed E-state index contributed by atoms with van der Waals surface area (Å²) in [5.74, 6) is 0. The molecule has 0 atom stereocenters. The lowest BCUT2D eigenvalue weighted by Crippen LogP contribution is -2.10. The molecular weight excluding hydrogens is 157 g/mol. The summed E-state index contributed by atoms with van der Waals surface area (Å²) < 4.78 is 0. The minimum Gasteiger partial charge on any atom is -0.257 e. The topological polar surface area (TPSA) is 12.9 Å². The minimum atomic E-state index is 0.793. The second kappa shape index (κ2) is 2.88. The smallest absolute Gasteiger partial charge is 0.117 e. The minimum absolute atomic E-state index is 0.793. The van der Waals surface area contributed by atoms with Crippen LogP contribution < -0.4 is 5.46 Å². The van der Waals surface area contributed by atoms with E-state index >= 15 is 0 Å². The average Bonchev–Trinajstić information content (AvgIpc) is 2.15. The lowest BCUT2D eigenvalue weighted by Gasteiger charge is -2.07. The quantitative estimate of drug-likeness (QED) is 0.543. The van der Waals surface area contributed by atoms with Gasteiger partial charge in [-0.15, -0.1) is 0 Å². The van der Waals surface area contributed by atoms with Crippen molar-refractivity contribution >= 4 is 24.2 Å². The Morgan fingerprint density at radius 2 is 2.00 bits per heavy atom. The Labute approximate surface area is 79.2 Å². The van der Waals surface area contributed by atoms with Gasteiger partial charge in [-0.2, -0.15) is 0 Å². The van der Waals surface area contributed by atoms with E-state index in [1.165, 1.54) is 5.56 Å². The van der Waals surface area contributed by atoms with E-state index in [0.717, 1.165) is 21.9 Å². The highest BCUT2D eigenvalue weighted by Crippen LogP contribution is 2.15. The molecule has 2 aromatic rings. The summed E-state index contributed by atoms with van der Waals surface area (Å²) in [5, 5.41) is 1.14. The van der Waals surface area contributed by atoms with E-state index in [0.29, 0.717) is 0 Å². The lowest BCUT2D eigenvalue weighted by atomic mass is 9.87. The van der Waals surface area contributed by atoms with Crippen molar-refractivity contribution < 1.29 is 0 Å². The van der Waals surface area contributed by atoms with Gasteiger partial charge in [-0.3, -0.25) is 4.98 Å². The Kier molecular flexibility index (Phi) is 1.84. The maximum Gasteiger partial charge on any atom is 0.117 e. The van der Waals surface area contributed by atoms with Crippen LogP contribution in [0.1, 0.15) is 11.1 Å². The molecule has 0 amide bonds. The molecule has 0 saturated carbocycles. The van der Waals surface area contributed by atoms with Crippen LogP contribution in [0, 0.1) is 13.8 Å². The van der Waals surface area contributed by atoms with Crippen LogP contribution >= 0.6 is 0 Å². The molecule has 62 valence electrons. The normalized spacial score (nSPS) is 10.6. The van der Waals surface area contributed by atoms with E-state index in [2.05, 4.69) is 18.0 Å². The van der Waals surface area contributed by atoms with Crippen LogP contribution in [0.4, 0.5) is 0 Å². The molecule has 0 spiro atoms. The second-order valence-corrected chi connectivity index (χ2v) is 3.32. The Bertz CT molecular complexity index is 463. The van der Waals surface area contributed by atoms with Crippen LogP contribution in [-0.2, 0) is 0 Å². The van der Waals surface area contributed by atoms with Crippen LogP contribution in [0.15, 0.2) is 24.4 Å². The molecule has 1 nitrogen and oxygen atoms in total. The van der Waals surface area contributed by atoms with Gasteiger partial charge in [0.1, 0.15) is 7.85 Å². The van der Waals surface area contributed by atoms with Gasteiger partial charge in [0.05, 0.1) is 5.52 Å². The summed E-state index contributed by atoms with van der Waals surface area (Å²) >= 11 is 0. The summed E-state index contributed by atoms with van der Waals surface area (Å²) in [6, 6.07) is 6.08. The molecule has 2 rings (SSSR count). The number of nitrogens with zero attached hydrogens (tertiary/aromatic N) is 1. The predicted octanol–water partition coefficient (Wildman–Crippen LogP) is 1.65. The second-order valence-electron chi connectivity index (χ2n) is 3.32. The Morgan fingerprint density at radius 3 is 2.77 bits per heavy atom. The summed E-state index contributed by atoms with van der Waals surface area (Å²) in [6.07, 6.45) is 1.78. The van der Waals surface area contributed by atoms with Crippen LogP contribution in [0.2, 0.25) is 0 Å². The van der Waals surface area contributed by atoms with Crippen molar-refractivity contribution in [2.45, 2.75) is 13.8 Å². The van der Waals surface area contributed by atoms with Crippen LogP contribution in [0.25, 0.3) is 10.9 Å². The number of rotatable bonds is 0.